The van der Waals surface area contributed by atoms with Crippen LogP contribution < -0.4 is 15.8 Å². The molecule has 0 bridgehead atoms. The molecular weight excluding hydrogens is 390 g/mol. The van der Waals surface area contributed by atoms with Crippen LogP contribution in [-0.4, -0.2) is 57.5 Å². The number of carboxylic acid groups (broad SMARTS) is 1. The molecule has 4 N–H and O–H groups in total. The lowest BCUT2D eigenvalue weighted by Crippen LogP contribution is -2.61. The Labute approximate surface area is 175 Å². The fourth-order valence-electron chi connectivity index (χ4n) is 3.94. The Kier molecular flexibility index (Phi) is 7.21. The number of likely N-dealkylation sites (tertiary alicyclic amines) is 1. The van der Waals surface area contributed by atoms with Crippen LogP contribution in [0.4, 0.5) is 5.69 Å². The van der Waals surface area contributed by atoms with Crippen molar-refractivity contribution in [3.05, 3.63) is 17.3 Å². The van der Waals surface area contributed by atoms with Gasteiger partial charge in [0.1, 0.15) is 17.3 Å². The van der Waals surface area contributed by atoms with Crippen molar-refractivity contribution in [1.29, 1.82) is 5.26 Å². The molecule has 0 aliphatic carbocycles. The number of carbonyl (C=O) groups excluding carboxylic acids is 2. The standard InChI is InChI=1S/C20H27N5O5/c1-4-20(5-2)10-12(7-8-25(20)18(27)19(28)29)23-16(26)15-9-14(22)13(11-21)17(24-15)30-6-3/h9,12H,4-8,10H2,1-3H3,(H2,22,24)(H,23,26)(H,28,29). The van der Waals surface area contributed by atoms with Crippen molar-refractivity contribution in [2.75, 3.05) is 18.9 Å². The number of nitrogens with one attached hydrogen (secondary N) is 1. The summed E-state index contributed by atoms with van der Waals surface area (Å²) in [6.45, 7) is 6.01. The first-order valence-corrected chi connectivity index (χ1v) is 9.92. The Morgan fingerprint density at radius 1 is 1.40 bits per heavy atom. The van der Waals surface area contributed by atoms with Crippen LogP contribution in [0.3, 0.4) is 0 Å². The molecule has 0 aromatic carbocycles. The summed E-state index contributed by atoms with van der Waals surface area (Å²) < 4.78 is 5.33. The predicted octanol–water partition coefficient (Wildman–Crippen LogP) is 1.30. The Bertz CT molecular complexity index is 875. The molecule has 10 nitrogen and oxygen atoms in total. The first-order valence-electron chi connectivity index (χ1n) is 9.92. The zero-order valence-corrected chi connectivity index (χ0v) is 17.4. The van der Waals surface area contributed by atoms with Gasteiger partial charge >= 0.3 is 11.9 Å². The van der Waals surface area contributed by atoms with Crippen LogP contribution in [-0.2, 0) is 9.59 Å². The minimum Gasteiger partial charge on any atom is -0.477 e. The quantitative estimate of drug-likeness (QED) is 0.584. The molecule has 1 fully saturated rings. The number of amides is 2. The van der Waals surface area contributed by atoms with Crippen LogP contribution in [0.15, 0.2) is 6.07 Å². The van der Waals surface area contributed by atoms with Gasteiger partial charge in [-0.1, -0.05) is 13.8 Å². The van der Waals surface area contributed by atoms with Gasteiger partial charge in [-0.3, -0.25) is 9.59 Å². The normalized spacial score (nSPS) is 17.7. The molecule has 0 radical (unpaired) electrons. The number of nitrogen functional groups attached to an aromatic ring is 1. The monoisotopic (exact) mass is 417 g/mol. The van der Waals surface area contributed by atoms with E-state index in [2.05, 4.69) is 10.3 Å². The summed E-state index contributed by atoms with van der Waals surface area (Å²) in [5, 5.41) is 21.3. The number of anilines is 1. The number of nitriles is 1. The Morgan fingerprint density at radius 2 is 2.07 bits per heavy atom. The predicted molar refractivity (Wildman–Crippen MR) is 108 cm³/mol. The number of piperidine rings is 1. The average molecular weight is 417 g/mol. The van der Waals surface area contributed by atoms with E-state index >= 15 is 0 Å². The van der Waals surface area contributed by atoms with E-state index in [-0.39, 0.29) is 42.0 Å². The molecule has 0 spiro atoms. The fourth-order valence-corrected chi connectivity index (χ4v) is 3.94. The van der Waals surface area contributed by atoms with Gasteiger partial charge in [-0.25, -0.2) is 9.78 Å². The van der Waals surface area contributed by atoms with Gasteiger partial charge in [-0.2, -0.15) is 5.26 Å². The molecule has 1 saturated heterocycles. The van der Waals surface area contributed by atoms with E-state index in [0.717, 1.165) is 0 Å². The van der Waals surface area contributed by atoms with Gasteiger partial charge in [0.25, 0.3) is 5.91 Å². The molecule has 162 valence electrons. The molecule has 1 atom stereocenters. The van der Waals surface area contributed by atoms with Crippen LogP contribution in [0.1, 0.15) is 62.5 Å². The maximum atomic E-state index is 12.8. The van der Waals surface area contributed by atoms with Crippen LogP contribution >= 0.6 is 0 Å². The number of hydrogen-bond acceptors (Lipinski definition) is 7. The summed E-state index contributed by atoms with van der Waals surface area (Å²) in [6.07, 6.45) is 1.96. The van der Waals surface area contributed by atoms with Crippen LogP contribution in [0.5, 0.6) is 5.88 Å². The number of rotatable bonds is 6. The third-order valence-corrected chi connectivity index (χ3v) is 5.62. The smallest absolute Gasteiger partial charge is 0.394 e. The molecule has 1 aliphatic rings. The highest BCUT2D eigenvalue weighted by molar-refractivity contribution is 6.31. The molecule has 1 aromatic heterocycles. The molecule has 10 heteroatoms. The number of nitrogens with zero attached hydrogens (tertiary/aromatic N) is 3. The van der Waals surface area contributed by atoms with Crippen molar-refractivity contribution in [3.63, 3.8) is 0 Å². The average Bonchev–Trinajstić information content (AvgIpc) is 2.72. The second kappa shape index (κ2) is 9.43. The van der Waals surface area contributed by atoms with Crippen molar-refractivity contribution in [2.24, 2.45) is 0 Å². The number of ether oxygens (including phenoxy) is 1. The maximum absolute atomic E-state index is 12.8. The summed E-state index contributed by atoms with van der Waals surface area (Å²) >= 11 is 0. The highest BCUT2D eigenvalue weighted by Gasteiger charge is 2.44. The van der Waals surface area contributed by atoms with E-state index in [4.69, 9.17) is 15.6 Å². The first-order chi connectivity index (χ1) is 14.2. The Balaban J connectivity index is 2.23. The fraction of sp³-hybridized carbons (Fsp3) is 0.550. The number of pyridine rings is 1. The number of hydrogen-bond donors (Lipinski definition) is 3. The summed E-state index contributed by atoms with van der Waals surface area (Å²) in [6, 6.07) is 2.97. The number of aliphatic carboxylic acids is 1. The van der Waals surface area contributed by atoms with E-state index < -0.39 is 23.3 Å². The summed E-state index contributed by atoms with van der Waals surface area (Å²) in [5.41, 5.74) is 5.42. The zero-order chi connectivity index (χ0) is 22.5. The van der Waals surface area contributed by atoms with Crippen molar-refractivity contribution < 1.29 is 24.2 Å². The van der Waals surface area contributed by atoms with E-state index in [1.165, 1.54) is 11.0 Å². The van der Waals surface area contributed by atoms with Gasteiger partial charge in [0, 0.05) is 18.1 Å². The lowest BCUT2D eigenvalue weighted by molar-refractivity contribution is -0.161. The summed E-state index contributed by atoms with van der Waals surface area (Å²) in [5.74, 6) is -2.88. The molecule has 30 heavy (non-hydrogen) atoms. The van der Waals surface area contributed by atoms with Gasteiger partial charge in [-0.15, -0.1) is 0 Å². The van der Waals surface area contributed by atoms with Gasteiger partial charge in [0.05, 0.1) is 12.3 Å². The third-order valence-electron chi connectivity index (χ3n) is 5.62. The molecule has 1 unspecified atom stereocenters. The van der Waals surface area contributed by atoms with Gasteiger partial charge < -0.3 is 25.8 Å². The molecule has 2 heterocycles. The number of aromatic nitrogens is 1. The molecular formula is C20H27N5O5. The van der Waals surface area contributed by atoms with Crippen molar-refractivity contribution >= 4 is 23.5 Å². The van der Waals surface area contributed by atoms with E-state index in [1.54, 1.807) is 6.92 Å². The zero-order valence-electron chi connectivity index (χ0n) is 17.4. The molecule has 2 rings (SSSR count). The third kappa shape index (κ3) is 4.45. The molecule has 2 amide bonds. The van der Waals surface area contributed by atoms with E-state index in [1.807, 2.05) is 19.9 Å². The van der Waals surface area contributed by atoms with Crippen molar-refractivity contribution in [2.45, 2.75) is 58.0 Å². The minimum atomic E-state index is -1.48. The SMILES string of the molecule is CCOc1nc(C(=O)NC2CCN(C(=O)C(=O)O)C(CC)(CC)C2)cc(N)c1C#N. The van der Waals surface area contributed by atoms with Crippen LogP contribution in [0.25, 0.3) is 0 Å². The first kappa shape index (κ1) is 22.9. The summed E-state index contributed by atoms with van der Waals surface area (Å²) in [4.78, 5) is 41.7. The van der Waals surface area contributed by atoms with Crippen molar-refractivity contribution in [1.82, 2.24) is 15.2 Å². The highest BCUT2D eigenvalue weighted by Crippen LogP contribution is 2.35. The number of nitrogens with two attached hydrogens (primary N) is 1. The maximum Gasteiger partial charge on any atom is 0.394 e. The van der Waals surface area contributed by atoms with Gasteiger partial charge in [0.15, 0.2) is 0 Å². The lowest BCUT2D eigenvalue weighted by atomic mass is 9.79. The largest absolute Gasteiger partial charge is 0.477 e. The number of carbonyl (C=O) groups is 3. The second-order valence-electron chi connectivity index (χ2n) is 7.18. The second-order valence-corrected chi connectivity index (χ2v) is 7.18. The molecule has 0 saturated carbocycles. The van der Waals surface area contributed by atoms with Gasteiger partial charge in [-0.05, 0) is 38.7 Å². The molecule has 1 aliphatic heterocycles. The Hall–Kier alpha value is -3.35. The topological polar surface area (TPSA) is 159 Å². The molecule has 1 aromatic rings. The van der Waals surface area contributed by atoms with E-state index in [0.29, 0.717) is 25.7 Å². The minimum absolute atomic E-state index is 0.00323. The number of carboxylic acids is 1. The highest BCUT2D eigenvalue weighted by atomic mass is 16.5. The summed E-state index contributed by atoms with van der Waals surface area (Å²) in [7, 11) is 0. The Morgan fingerprint density at radius 3 is 2.60 bits per heavy atom. The van der Waals surface area contributed by atoms with Crippen LogP contribution in [0.2, 0.25) is 0 Å². The lowest BCUT2D eigenvalue weighted by Gasteiger charge is -2.48. The van der Waals surface area contributed by atoms with Crippen molar-refractivity contribution in [3.8, 4) is 11.9 Å². The van der Waals surface area contributed by atoms with E-state index in [9.17, 15) is 19.6 Å². The van der Waals surface area contributed by atoms with Gasteiger partial charge in [0.2, 0.25) is 5.88 Å². The van der Waals surface area contributed by atoms with Crippen LogP contribution in [0, 0.1) is 11.3 Å².